The van der Waals surface area contributed by atoms with Gasteiger partial charge in [-0.25, -0.2) is 0 Å². The zero-order valence-corrected chi connectivity index (χ0v) is 43.0. The van der Waals surface area contributed by atoms with Gasteiger partial charge in [0, 0.05) is 0 Å². The zero-order valence-electron chi connectivity index (χ0n) is 43.0. The Morgan fingerprint density at radius 1 is 0.273 bits per heavy atom. The number of benzene rings is 10. The van der Waals surface area contributed by atoms with Crippen LogP contribution in [0.15, 0.2) is 146 Å². The van der Waals surface area contributed by atoms with Gasteiger partial charge in [-0.2, -0.15) is 0 Å². The van der Waals surface area contributed by atoms with Gasteiger partial charge in [0.1, 0.15) is 0 Å². The molecule has 0 saturated heterocycles. The maximum Gasteiger partial charge on any atom is -0.00237 e. The maximum atomic E-state index is 2.32. The summed E-state index contributed by atoms with van der Waals surface area (Å²) in [7, 11) is 0. The molecule has 0 heterocycles. The summed E-state index contributed by atoms with van der Waals surface area (Å²) in [5.41, 5.74) is 9.30. The van der Waals surface area contributed by atoms with Gasteiger partial charge in [0.25, 0.3) is 0 Å². The van der Waals surface area contributed by atoms with Crippen LogP contribution in [0.5, 0.6) is 0 Å². The highest BCUT2D eigenvalue weighted by molar-refractivity contribution is 6.24. The molecule has 10 rings (SSSR count). The summed E-state index contributed by atoms with van der Waals surface area (Å²) < 4.78 is 0. The first-order chi connectivity index (χ1) is 31.0. The molecule has 0 aliphatic carbocycles. The van der Waals surface area contributed by atoms with E-state index in [1.165, 1.54) is 109 Å². The molecule has 0 saturated carbocycles. The lowest BCUT2D eigenvalue weighted by atomic mass is 9.74. The molecule has 0 unspecified atom stereocenters. The van der Waals surface area contributed by atoms with Crippen LogP contribution in [0.3, 0.4) is 0 Å². The van der Waals surface area contributed by atoms with Crippen molar-refractivity contribution in [3.05, 3.63) is 179 Å². The van der Waals surface area contributed by atoms with E-state index in [-0.39, 0.29) is 21.7 Å². The summed E-state index contributed by atoms with van der Waals surface area (Å²) in [6.07, 6.45) is 0. The molecule has 0 heteroatoms. The standard InChI is InChI=1S/C23H24.C22H26.C21H24/c1-14(2)17-10-6-15-8-12-19-20(23(3,4)5)13-9-16-7-11-18(17)21(15)22(16)19;1-21(2,3)19-15-11-7-9-13-17(15)20(22(4,5)6)18-14-10-8-12-16(18)19;1-14(2)19-15-10-6-8-12-17(15)20(21(3,4)5)18-13-9-7-11-16(18)19/h6-14H,1-5H3;7-14H,1-6H3;6-14H,1-5H3. The third-order valence-electron chi connectivity index (χ3n) is 13.9. The summed E-state index contributed by atoms with van der Waals surface area (Å²) in [6, 6.07) is 54.0. The fourth-order valence-electron chi connectivity index (χ4n) is 11.3. The molecule has 0 aromatic heterocycles. The minimum Gasteiger partial charge on any atom is -0.0616 e. The Kier molecular flexibility index (Phi) is 12.2. The van der Waals surface area contributed by atoms with Crippen LogP contribution in [-0.2, 0) is 21.7 Å². The minimum absolute atomic E-state index is 0.121. The maximum absolute atomic E-state index is 2.32. The van der Waals surface area contributed by atoms with Crippen molar-refractivity contribution < 1.29 is 0 Å². The van der Waals surface area contributed by atoms with Gasteiger partial charge in [0.2, 0.25) is 0 Å². The fourth-order valence-corrected chi connectivity index (χ4v) is 11.3. The van der Waals surface area contributed by atoms with E-state index in [2.05, 4.69) is 256 Å². The Hall–Kier alpha value is -5.72. The highest BCUT2D eigenvalue weighted by atomic mass is 14.3. The molecule has 0 N–H and O–H groups in total. The van der Waals surface area contributed by atoms with Gasteiger partial charge in [-0.1, -0.05) is 256 Å². The van der Waals surface area contributed by atoms with Gasteiger partial charge >= 0.3 is 0 Å². The lowest BCUT2D eigenvalue weighted by Crippen LogP contribution is -2.17. The Morgan fingerprint density at radius 3 is 0.909 bits per heavy atom. The molecule has 0 aliphatic rings. The highest BCUT2D eigenvalue weighted by Crippen LogP contribution is 2.45. The number of rotatable bonds is 2. The van der Waals surface area contributed by atoms with Crippen molar-refractivity contribution in [2.24, 2.45) is 0 Å². The first-order valence-electron chi connectivity index (χ1n) is 24.6. The van der Waals surface area contributed by atoms with E-state index in [9.17, 15) is 0 Å². The molecule has 0 amide bonds. The van der Waals surface area contributed by atoms with Crippen LogP contribution in [0.2, 0.25) is 0 Å². The minimum atomic E-state index is 0.121. The molecule has 66 heavy (non-hydrogen) atoms. The largest absolute Gasteiger partial charge is 0.0616 e. The monoisotopic (exact) mass is 867 g/mol. The van der Waals surface area contributed by atoms with Crippen molar-refractivity contribution in [2.75, 3.05) is 0 Å². The van der Waals surface area contributed by atoms with Crippen LogP contribution in [0.1, 0.15) is 156 Å². The average Bonchev–Trinajstić information content (AvgIpc) is 3.24. The second kappa shape index (κ2) is 17.2. The Balaban J connectivity index is 0.000000135. The molecule has 338 valence electrons. The van der Waals surface area contributed by atoms with E-state index in [4.69, 9.17) is 0 Å². The van der Waals surface area contributed by atoms with Crippen LogP contribution in [0, 0.1) is 0 Å². The van der Waals surface area contributed by atoms with Crippen LogP contribution in [0.25, 0.3) is 75.4 Å². The van der Waals surface area contributed by atoms with Crippen LogP contribution >= 0.6 is 0 Å². The molecular formula is C66H74. The third-order valence-corrected chi connectivity index (χ3v) is 13.9. The van der Waals surface area contributed by atoms with E-state index in [1.807, 2.05) is 0 Å². The van der Waals surface area contributed by atoms with Gasteiger partial charge in [-0.05, 0) is 142 Å². The second-order valence-electron chi connectivity index (χ2n) is 23.7. The van der Waals surface area contributed by atoms with Crippen molar-refractivity contribution in [1.29, 1.82) is 0 Å². The van der Waals surface area contributed by atoms with Gasteiger partial charge in [-0.15, -0.1) is 0 Å². The number of hydrogen-bond donors (Lipinski definition) is 0. The van der Waals surface area contributed by atoms with Gasteiger partial charge in [-0.3, -0.25) is 0 Å². The normalized spacial score (nSPS) is 12.8. The Bertz CT molecular complexity index is 3190. The second-order valence-corrected chi connectivity index (χ2v) is 23.7. The fraction of sp³-hybridized carbons (Fsp3) is 0.333. The first-order valence-corrected chi connectivity index (χ1v) is 24.6. The van der Waals surface area contributed by atoms with Crippen molar-refractivity contribution in [1.82, 2.24) is 0 Å². The first kappa shape index (κ1) is 46.8. The molecule has 0 fully saturated rings. The molecule has 0 aliphatic heterocycles. The molecule has 10 aromatic rings. The predicted molar refractivity (Wildman–Crippen MR) is 296 cm³/mol. The number of hydrogen-bond acceptors (Lipinski definition) is 0. The lowest BCUT2D eigenvalue weighted by molar-refractivity contribution is 0.593. The van der Waals surface area contributed by atoms with Crippen molar-refractivity contribution in [3.63, 3.8) is 0 Å². The summed E-state index contributed by atoms with van der Waals surface area (Å²) in [5.74, 6) is 1.07. The summed E-state index contributed by atoms with van der Waals surface area (Å²) in [4.78, 5) is 0. The van der Waals surface area contributed by atoms with Gasteiger partial charge < -0.3 is 0 Å². The van der Waals surface area contributed by atoms with E-state index in [0.29, 0.717) is 11.8 Å². The van der Waals surface area contributed by atoms with Crippen LogP contribution < -0.4 is 0 Å². The van der Waals surface area contributed by atoms with Crippen molar-refractivity contribution in [2.45, 2.75) is 144 Å². The van der Waals surface area contributed by atoms with E-state index < -0.39 is 0 Å². The van der Waals surface area contributed by atoms with Crippen molar-refractivity contribution >= 4 is 75.4 Å². The Labute approximate surface area is 396 Å². The van der Waals surface area contributed by atoms with Crippen LogP contribution in [-0.4, -0.2) is 0 Å². The average molecular weight is 867 g/mol. The smallest absolute Gasteiger partial charge is 0.00237 e. The lowest BCUT2D eigenvalue weighted by Gasteiger charge is -2.30. The number of fused-ring (bicyclic) bond motifs is 4. The Morgan fingerprint density at radius 2 is 0.576 bits per heavy atom. The molecule has 0 bridgehead atoms. The molecule has 0 nitrogen and oxygen atoms in total. The van der Waals surface area contributed by atoms with E-state index in [1.54, 1.807) is 0 Å². The van der Waals surface area contributed by atoms with Gasteiger partial charge in [0.05, 0.1) is 0 Å². The molecule has 0 atom stereocenters. The highest BCUT2D eigenvalue weighted by Gasteiger charge is 2.27. The molecular weight excluding hydrogens is 793 g/mol. The van der Waals surface area contributed by atoms with Crippen LogP contribution in [0.4, 0.5) is 0 Å². The van der Waals surface area contributed by atoms with E-state index >= 15 is 0 Å². The predicted octanol–water partition coefficient (Wildman–Crippen LogP) is 20.0. The molecule has 10 aromatic carbocycles. The summed E-state index contributed by atoms with van der Waals surface area (Å²) in [6.45, 7) is 36.9. The van der Waals surface area contributed by atoms with Gasteiger partial charge in [0.15, 0.2) is 0 Å². The summed E-state index contributed by atoms with van der Waals surface area (Å²) >= 11 is 0. The SMILES string of the molecule is CC(C)(C)c1c2ccccc2c(C(C)(C)C)c2ccccc12.CC(C)c1c2ccccc2c(C(C)(C)C)c2ccccc12.CC(C)c1ccc2ccc3c(C(C)(C)C)ccc4ccc1c2c43. The quantitative estimate of drug-likeness (QED) is 0.120. The third kappa shape index (κ3) is 8.47. The topological polar surface area (TPSA) is 0 Å². The zero-order chi connectivity index (χ0) is 47.7. The van der Waals surface area contributed by atoms with Crippen molar-refractivity contribution in [3.8, 4) is 0 Å². The molecule has 0 spiro atoms. The van der Waals surface area contributed by atoms with E-state index in [0.717, 1.165) is 0 Å². The molecule has 0 radical (unpaired) electrons. The summed E-state index contributed by atoms with van der Waals surface area (Å²) in [5, 5.41) is 19.7.